The number of nitrogens with zero attached hydrogens (tertiary/aromatic N) is 2. The number of rotatable bonds is 6. The number of aryl methyl sites for hydroxylation is 1. The number of benzene rings is 1. The number of halogens is 1. The molecule has 1 amide bonds. The molecule has 1 aromatic carbocycles. The van der Waals surface area contributed by atoms with E-state index in [4.69, 9.17) is 4.42 Å². The molecule has 0 bridgehead atoms. The number of hydrogen-bond donors (Lipinski definition) is 1. The van der Waals surface area contributed by atoms with Crippen LogP contribution in [0.15, 0.2) is 28.7 Å². The molecule has 1 aliphatic heterocycles. The Morgan fingerprint density at radius 3 is 2.92 bits per heavy atom. The van der Waals surface area contributed by atoms with Crippen LogP contribution in [0.3, 0.4) is 0 Å². The summed E-state index contributed by atoms with van der Waals surface area (Å²) in [5.74, 6) is 1.27. The fourth-order valence-corrected chi connectivity index (χ4v) is 3.39. The van der Waals surface area contributed by atoms with Crippen LogP contribution in [0.2, 0.25) is 0 Å². The number of fused-ring (bicyclic) bond motifs is 1. The van der Waals surface area contributed by atoms with E-state index in [0.717, 1.165) is 36.4 Å². The second-order valence-corrected chi connectivity index (χ2v) is 7.08. The molecular formula is C20H26FN3O2. The van der Waals surface area contributed by atoms with Crippen LogP contribution in [0.25, 0.3) is 0 Å². The lowest BCUT2D eigenvalue weighted by Crippen LogP contribution is -2.34. The van der Waals surface area contributed by atoms with Crippen molar-refractivity contribution in [2.24, 2.45) is 0 Å². The van der Waals surface area contributed by atoms with Crippen LogP contribution in [0.5, 0.6) is 0 Å². The molecule has 2 heterocycles. The van der Waals surface area contributed by atoms with Gasteiger partial charge < -0.3 is 14.6 Å². The molecule has 1 aliphatic rings. The van der Waals surface area contributed by atoms with E-state index in [1.807, 2.05) is 32.0 Å². The topological polar surface area (TPSA) is 48.7 Å². The summed E-state index contributed by atoms with van der Waals surface area (Å²) in [4.78, 5) is 16.9. The highest BCUT2D eigenvalue weighted by atomic mass is 19.1. The van der Waals surface area contributed by atoms with E-state index in [1.54, 1.807) is 12.1 Å². The van der Waals surface area contributed by atoms with Gasteiger partial charge in [-0.2, -0.15) is 0 Å². The van der Waals surface area contributed by atoms with Crippen LogP contribution >= 0.6 is 0 Å². The Hall–Kier alpha value is -2.18. The van der Waals surface area contributed by atoms with Crippen LogP contribution in [-0.4, -0.2) is 49.4 Å². The zero-order valence-electron chi connectivity index (χ0n) is 15.6. The number of furan rings is 1. The fraction of sp³-hybridized carbons (Fsp3) is 0.450. The molecule has 5 nitrogen and oxygen atoms in total. The molecule has 26 heavy (non-hydrogen) atoms. The van der Waals surface area contributed by atoms with Gasteiger partial charge in [-0.05, 0) is 38.7 Å². The zero-order valence-corrected chi connectivity index (χ0v) is 15.6. The van der Waals surface area contributed by atoms with Crippen molar-refractivity contribution in [2.45, 2.75) is 26.4 Å². The lowest BCUT2D eigenvalue weighted by molar-refractivity contribution is 0.0947. The van der Waals surface area contributed by atoms with E-state index in [-0.39, 0.29) is 11.7 Å². The van der Waals surface area contributed by atoms with Crippen molar-refractivity contribution in [2.75, 3.05) is 33.7 Å². The average molecular weight is 359 g/mol. The first-order valence-corrected chi connectivity index (χ1v) is 8.95. The summed E-state index contributed by atoms with van der Waals surface area (Å²) in [6.07, 6.45) is 0.760. The number of carbonyl (C=O) groups excluding carboxylic acids is 1. The standard InChI is InChI=1S/C20H26FN3O2/c1-14-19(20(25)22-8-10-23(2)3)17-13-24(9-7-18(17)26-14)12-15-5-4-6-16(21)11-15/h4-6,11H,7-10,12-13H2,1-3H3,(H,22,25). The Balaban J connectivity index is 1.72. The van der Waals surface area contributed by atoms with Crippen LogP contribution in [0.4, 0.5) is 4.39 Å². The number of likely N-dealkylation sites (N-methyl/N-ethyl adjacent to an activating group) is 1. The molecule has 2 aromatic rings. The van der Waals surface area contributed by atoms with Crippen molar-refractivity contribution in [3.8, 4) is 0 Å². The van der Waals surface area contributed by atoms with E-state index in [1.165, 1.54) is 6.07 Å². The number of hydrogen-bond acceptors (Lipinski definition) is 4. The van der Waals surface area contributed by atoms with Crippen LogP contribution in [-0.2, 0) is 19.5 Å². The second-order valence-electron chi connectivity index (χ2n) is 7.08. The summed E-state index contributed by atoms with van der Waals surface area (Å²) >= 11 is 0. The maximum atomic E-state index is 13.4. The molecule has 3 rings (SSSR count). The smallest absolute Gasteiger partial charge is 0.255 e. The van der Waals surface area contributed by atoms with Crippen molar-refractivity contribution in [1.29, 1.82) is 0 Å². The van der Waals surface area contributed by atoms with Crippen molar-refractivity contribution in [3.63, 3.8) is 0 Å². The molecule has 0 saturated carbocycles. The molecule has 0 atom stereocenters. The molecular weight excluding hydrogens is 333 g/mol. The van der Waals surface area contributed by atoms with Crippen LogP contribution < -0.4 is 5.32 Å². The molecule has 1 aromatic heterocycles. The minimum atomic E-state index is -0.222. The maximum Gasteiger partial charge on any atom is 0.255 e. The van der Waals surface area contributed by atoms with Crippen molar-refractivity contribution in [1.82, 2.24) is 15.1 Å². The minimum absolute atomic E-state index is 0.0815. The van der Waals surface area contributed by atoms with Gasteiger partial charge in [0.1, 0.15) is 17.3 Å². The van der Waals surface area contributed by atoms with Gasteiger partial charge in [0.25, 0.3) is 5.91 Å². The van der Waals surface area contributed by atoms with Gasteiger partial charge in [0.05, 0.1) is 5.56 Å². The van der Waals surface area contributed by atoms with Gasteiger partial charge in [-0.1, -0.05) is 12.1 Å². The molecule has 0 saturated heterocycles. The highest BCUT2D eigenvalue weighted by molar-refractivity contribution is 5.97. The molecule has 1 N–H and O–H groups in total. The summed E-state index contributed by atoms with van der Waals surface area (Å²) in [6, 6.07) is 6.66. The van der Waals surface area contributed by atoms with Crippen molar-refractivity contribution >= 4 is 5.91 Å². The van der Waals surface area contributed by atoms with Gasteiger partial charge in [-0.25, -0.2) is 4.39 Å². The average Bonchev–Trinajstić information content (AvgIpc) is 2.89. The predicted molar refractivity (Wildman–Crippen MR) is 98.6 cm³/mol. The third-order valence-electron chi connectivity index (χ3n) is 4.67. The summed E-state index contributed by atoms with van der Waals surface area (Å²) in [7, 11) is 3.95. The first-order valence-electron chi connectivity index (χ1n) is 8.95. The van der Waals surface area contributed by atoms with Crippen molar-refractivity contribution in [3.05, 3.63) is 58.3 Å². The Bertz CT molecular complexity index is 785. The van der Waals surface area contributed by atoms with Gasteiger partial charge in [0.15, 0.2) is 0 Å². The first-order chi connectivity index (χ1) is 12.4. The first kappa shape index (κ1) is 18.6. The number of nitrogens with one attached hydrogen (secondary N) is 1. The largest absolute Gasteiger partial charge is 0.465 e. The van der Waals surface area contributed by atoms with Crippen LogP contribution in [0.1, 0.15) is 33.0 Å². The van der Waals surface area contributed by atoms with Gasteiger partial charge in [0.2, 0.25) is 0 Å². The Labute approximate surface area is 153 Å². The minimum Gasteiger partial charge on any atom is -0.465 e. The normalized spacial score (nSPS) is 14.5. The summed E-state index contributed by atoms with van der Waals surface area (Å²) in [5.41, 5.74) is 2.56. The molecule has 0 unspecified atom stereocenters. The highest BCUT2D eigenvalue weighted by Crippen LogP contribution is 2.29. The summed E-state index contributed by atoms with van der Waals surface area (Å²) in [5, 5.41) is 2.97. The third-order valence-corrected chi connectivity index (χ3v) is 4.67. The fourth-order valence-electron chi connectivity index (χ4n) is 3.39. The molecule has 0 spiro atoms. The van der Waals surface area contributed by atoms with E-state index in [9.17, 15) is 9.18 Å². The zero-order chi connectivity index (χ0) is 18.7. The molecule has 0 fully saturated rings. The van der Waals surface area contributed by atoms with Crippen molar-refractivity contribution < 1.29 is 13.6 Å². The van der Waals surface area contributed by atoms with Gasteiger partial charge in [-0.15, -0.1) is 0 Å². The van der Waals surface area contributed by atoms with E-state index < -0.39 is 0 Å². The van der Waals surface area contributed by atoms with E-state index >= 15 is 0 Å². The van der Waals surface area contributed by atoms with Gasteiger partial charge >= 0.3 is 0 Å². The second kappa shape index (κ2) is 8.01. The number of amides is 1. The number of carbonyl (C=O) groups is 1. The quantitative estimate of drug-likeness (QED) is 0.861. The molecule has 0 radical (unpaired) electrons. The van der Waals surface area contributed by atoms with E-state index in [0.29, 0.717) is 31.0 Å². The maximum absolute atomic E-state index is 13.4. The van der Waals surface area contributed by atoms with Gasteiger partial charge in [-0.3, -0.25) is 9.69 Å². The highest BCUT2D eigenvalue weighted by Gasteiger charge is 2.28. The molecule has 6 heteroatoms. The SMILES string of the molecule is Cc1oc2c(c1C(=O)NCCN(C)C)CN(Cc1cccc(F)c1)CC2. The summed E-state index contributed by atoms with van der Waals surface area (Å²) in [6.45, 7) is 5.35. The Morgan fingerprint density at radius 2 is 2.19 bits per heavy atom. The predicted octanol–water partition coefficient (Wildman–Crippen LogP) is 2.58. The van der Waals surface area contributed by atoms with E-state index in [2.05, 4.69) is 10.2 Å². The third kappa shape index (κ3) is 4.31. The lowest BCUT2D eigenvalue weighted by Gasteiger charge is -2.26. The lowest BCUT2D eigenvalue weighted by atomic mass is 10.0. The monoisotopic (exact) mass is 359 g/mol. The van der Waals surface area contributed by atoms with Gasteiger partial charge in [0, 0.05) is 44.7 Å². The Morgan fingerprint density at radius 1 is 1.38 bits per heavy atom. The van der Waals surface area contributed by atoms with Crippen LogP contribution in [0, 0.1) is 12.7 Å². The molecule has 0 aliphatic carbocycles. The Kier molecular flexibility index (Phi) is 5.74. The molecule has 140 valence electrons. The summed E-state index contributed by atoms with van der Waals surface area (Å²) < 4.78 is 19.3.